The first kappa shape index (κ1) is 6.51. The summed E-state index contributed by atoms with van der Waals surface area (Å²) in [4.78, 5) is 15.3. The Bertz CT molecular complexity index is 113. The maximum atomic E-state index is 10.7. The zero-order valence-corrected chi connectivity index (χ0v) is 5.46. The van der Waals surface area contributed by atoms with Crippen molar-refractivity contribution in [2.75, 3.05) is 20.8 Å². The number of carbonyl (C=O) groups is 1. The molecular weight excluding hydrogens is 122 g/mol. The number of nitrogens with zero attached hydrogens (tertiary/aromatic N) is 1. The number of ether oxygens (including phenoxy) is 1. The highest BCUT2D eigenvalue weighted by molar-refractivity contribution is 5.85. The van der Waals surface area contributed by atoms with Crippen LogP contribution in [-0.2, 0) is 14.4 Å². The van der Waals surface area contributed by atoms with Gasteiger partial charge in [-0.1, -0.05) is 0 Å². The Morgan fingerprint density at radius 2 is 2.33 bits per heavy atom. The number of carbonyl (C=O) groups excluding carboxylic acids is 1. The molecule has 4 heteroatoms. The van der Waals surface area contributed by atoms with Crippen molar-refractivity contribution >= 4 is 5.91 Å². The Kier molecular flexibility index (Phi) is 1.68. The van der Waals surface area contributed by atoms with Crippen LogP contribution in [0.1, 0.15) is 0 Å². The number of amides is 1. The van der Waals surface area contributed by atoms with Gasteiger partial charge in [0.05, 0.1) is 13.7 Å². The molecule has 4 nitrogen and oxygen atoms in total. The lowest BCUT2D eigenvalue weighted by atomic mass is 10.2. The van der Waals surface area contributed by atoms with E-state index in [0.717, 1.165) is 0 Å². The zero-order chi connectivity index (χ0) is 6.85. The van der Waals surface area contributed by atoms with Crippen molar-refractivity contribution in [1.82, 2.24) is 5.06 Å². The minimum atomic E-state index is -0.273. The second kappa shape index (κ2) is 2.33. The molecule has 1 aliphatic heterocycles. The lowest BCUT2D eigenvalue weighted by molar-refractivity contribution is -0.222. The Hall–Kier alpha value is -0.610. The van der Waals surface area contributed by atoms with Gasteiger partial charge < -0.3 is 4.74 Å². The second-order valence-electron chi connectivity index (χ2n) is 1.81. The van der Waals surface area contributed by atoms with Crippen molar-refractivity contribution in [3.8, 4) is 0 Å². The minimum Gasteiger partial charge on any atom is -0.370 e. The molecule has 1 saturated heterocycles. The second-order valence-corrected chi connectivity index (χ2v) is 1.81. The molecule has 0 aromatic rings. The van der Waals surface area contributed by atoms with Crippen LogP contribution in [0, 0.1) is 0 Å². The maximum absolute atomic E-state index is 10.7. The van der Waals surface area contributed by atoms with Crippen LogP contribution in [0.4, 0.5) is 0 Å². The lowest BCUT2D eigenvalue weighted by Crippen LogP contribution is -2.56. The van der Waals surface area contributed by atoms with E-state index in [1.807, 2.05) is 0 Å². The van der Waals surface area contributed by atoms with Gasteiger partial charge in [-0.3, -0.25) is 9.63 Å². The molecule has 0 radical (unpaired) electrons. The van der Waals surface area contributed by atoms with Crippen molar-refractivity contribution in [3.63, 3.8) is 0 Å². The molecule has 0 saturated carbocycles. The monoisotopic (exact) mass is 131 g/mol. The van der Waals surface area contributed by atoms with E-state index in [1.165, 1.54) is 19.3 Å². The average molecular weight is 131 g/mol. The third kappa shape index (κ3) is 0.906. The van der Waals surface area contributed by atoms with Gasteiger partial charge in [0.15, 0.2) is 6.10 Å². The van der Waals surface area contributed by atoms with Crippen LogP contribution in [0.3, 0.4) is 0 Å². The van der Waals surface area contributed by atoms with Crippen LogP contribution in [0.2, 0.25) is 0 Å². The predicted molar refractivity (Wildman–Crippen MR) is 29.5 cm³/mol. The van der Waals surface area contributed by atoms with Gasteiger partial charge in [-0.15, -0.1) is 0 Å². The summed E-state index contributed by atoms with van der Waals surface area (Å²) in [6.45, 7) is 0.547. The Morgan fingerprint density at radius 1 is 1.67 bits per heavy atom. The fourth-order valence-electron chi connectivity index (χ4n) is 0.707. The molecule has 0 N–H and O–H groups in total. The van der Waals surface area contributed by atoms with Gasteiger partial charge in [-0.25, -0.2) is 5.06 Å². The molecule has 0 aromatic heterocycles. The van der Waals surface area contributed by atoms with Crippen LogP contribution in [-0.4, -0.2) is 37.8 Å². The fraction of sp³-hybridized carbons (Fsp3) is 0.800. The number of hydrogen-bond acceptors (Lipinski definition) is 3. The topological polar surface area (TPSA) is 38.8 Å². The van der Waals surface area contributed by atoms with E-state index in [0.29, 0.717) is 6.54 Å². The van der Waals surface area contributed by atoms with E-state index in [2.05, 4.69) is 4.84 Å². The minimum absolute atomic E-state index is 0.0972. The SMILES string of the molecule is COC1CN(OC)C1=O. The summed E-state index contributed by atoms with van der Waals surface area (Å²) in [5.41, 5.74) is 0. The standard InChI is InChI=1S/C5H9NO3/c1-8-4-3-6(9-2)5(4)7/h4H,3H2,1-2H3. The summed E-state index contributed by atoms with van der Waals surface area (Å²) in [5, 5.41) is 1.26. The lowest BCUT2D eigenvalue weighted by Gasteiger charge is -2.34. The molecular formula is C5H9NO3. The fourth-order valence-corrected chi connectivity index (χ4v) is 0.707. The van der Waals surface area contributed by atoms with Gasteiger partial charge in [0.25, 0.3) is 5.91 Å². The molecule has 1 atom stereocenters. The quantitative estimate of drug-likeness (QED) is 0.470. The number of hydrogen-bond donors (Lipinski definition) is 0. The largest absolute Gasteiger partial charge is 0.370 e. The summed E-state index contributed by atoms with van der Waals surface area (Å²) in [6.07, 6.45) is -0.273. The molecule has 0 spiro atoms. The third-order valence-electron chi connectivity index (χ3n) is 1.36. The van der Waals surface area contributed by atoms with Gasteiger partial charge in [0.1, 0.15) is 0 Å². The number of hydroxylamine groups is 2. The summed E-state index contributed by atoms with van der Waals surface area (Å²) >= 11 is 0. The van der Waals surface area contributed by atoms with Crippen molar-refractivity contribution in [1.29, 1.82) is 0 Å². The van der Waals surface area contributed by atoms with Gasteiger partial charge in [0.2, 0.25) is 0 Å². The summed E-state index contributed by atoms with van der Waals surface area (Å²) in [5.74, 6) is -0.0972. The molecule has 1 amide bonds. The molecule has 0 bridgehead atoms. The van der Waals surface area contributed by atoms with E-state index in [1.54, 1.807) is 0 Å². The molecule has 1 unspecified atom stereocenters. The Morgan fingerprint density at radius 3 is 2.67 bits per heavy atom. The van der Waals surface area contributed by atoms with Gasteiger partial charge in [0, 0.05) is 7.11 Å². The molecule has 1 heterocycles. The van der Waals surface area contributed by atoms with Gasteiger partial charge in [-0.2, -0.15) is 0 Å². The van der Waals surface area contributed by atoms with E-state index in [9.17, 15) is 4.79 Å². The first-order valence-electron chi connectivity index (χ1n) is 2.68. The van der Waals surface area contributed by atoms with Crippen molar-refractivity contribution in [2.24, 2.45) is 0 Å². The van der Waals surface area contributed by atoms with Gasteiger partial charge in [-0.05, 0) is 0 Å². The Labute approximate surface area is 53.3 Å². The summed E-state index contributed by atoms with van der Waals surface area (Å²) < 4.78 is 4.76. The highest BCUT2D eigenvalue weighted by Crippen LogP contribution is 2.11. The Balaban J connectivity index is 2.33. The smallest absolute Gasteiger partial charge is 0.277 e. The molecule has 52 valence electrons. The molecule has 1 fully saturated rings. The van der Waals surface area contributed by atoms with E-state index >= 15 is 0 Å². The van der Waals surface area contributed by atoms with E-state index in [4.69, 9.17) is 4.74 Å². The number of methoxy groups -OCH3 is 1. The van der Waals surface area contributed by atoms with Crippen LogP contribution < -0.4 is 0 Å². The van der Waals surface area contributed by atoms with E-state index in [-0.39, 0.29) is 12.0 Å². The molecule has 1 rings (SSSR count). The normalized spacial score (nSPS) is 26.2. The van der Waals surface area contributed by atoms with Crippen LogP contribution in [0.25, 0.3) is 0 Å². The van der Waals surface area contributed by atoms with Gasteiger partial charge >= 0.3 is 0 Å². The summed E-state index contributed by atoms with van der Waals surface area (Å²) in [6, 6.07) is 0. The highest BCUT2D eigenvalue weighted by Gasteiger charge is 2.37. The summed E-state index contributed by atoms with van der Waals surface area (Å²) in [7, 11) is 2.97. The molecule has 0 aromatic carbocycles. The molecule has 1 aliphatic rings. The van der Waals surface area contributed by atoms with Crippen molar-refractivity contribution in [3.05, 3.63) is 0 Å². The first-order valence-corrected chi connectivity index (χ1v) is 2.68. The highest BCUT2D eigenvalue weighted by atomic mass is 16.7. The molecule has 9 heavy (non-hydrogen) atoms. The van der Waals surface area contributed by atoms with Crippen LogP contribution >= 0.6 is 0 Å². The van der Waals surface area contributed by atoms with E-state index < -0.39 is 0 Å². The van der Waals surface area contributed by atoms with Crippen molar-refractivity contribution < 1.29 is 14.4 Å². The maximum Gasteiger partial charge on any atom is 0.277 e. The molecule has 0 aliphatic carbocycles. The number of rotatable bonds is 2. The van der Waals surface area contributed by atoms with Crippen molar-refractivity contribution in [2.45, 2.75) is 6.10 Å². The average Bonchev–Trinajstić information content (AvgIpc) is 1.87. The first-order chi connectivity index (χ1) is 4.29. The van der Waals surface area contributed by atoms with Crippen LogP contribution in [0.15, 0.2) is 0 Å². The predicted octanol–water partition coefficient (Wildman–Crippen LogP) is -0.595. The third-order valence-corrected chi connectivity index (χ3v) is 1.36. The zero-order valence-electron chi connectivity index (χ0n) is 5.46. The number of β-lactam (4-membered cyclic amide) rings is 1. The van der Waals surface area contributed by atoms with Crippen LogP contribution in [0.5, 0.6) is 0 Å².